The zero-order valence-electron chi connectivity index (χ0n) is 17.0. The van der Waals surface area contributed by atoms with E-state index in [2.05, 4.69) is 6.92 Å². The molecule has 4 heteroatoms. The molecule has 2 rings (SSSR count). The van der Waals surface area contributed by atoms with Crippen molar-refractivity contribution in [3.05, 3.63) is 59.7 Å². The Bertz CT molecular complexity index is 712. The van der Waals surface area contributed by atoms with Gasteiger partial charge in [0.1, 0.15) is 12.4 Å². The van der Waals surface area contributed by atoms with Crippen LogP contribution in [0.4, 0.5) is 0 Å². The molecule has 2 aromatic rings. The van der Waals surface area contributed by atoms with E-state index in [1.54, 1.807) is 7.11 Å². The molecular weight excluding hydrogens is 352 g/mol. The van der Waals surface area contributed by atoms with Gasteiger partial charge in [0, 0.05) is 12.8 Å². The van der Waals surface area contributed by atoms with Crippen LogP contribution < -0.4 is 9.47 Å². The first-order valence-electron chi connectivity index (χ1n) is 10.2. The van der Waals surface area contributed by atoms with Gasteiger partial charge in [0.2, 0.25) is 0 Å². The van der Waals surface area contributed by atoms with Crippen molar-refractivity contribution in [2.45, 2.75) is 64.6 Å². The van der Waals surface area contributed by atoms with Crippen molar-refractivity contribution in [2.24, 2.45) is 0 Å². The normalized spacial score (nSPS) is 11.8. The highest BCUT2D eigenvalue weighted by atomic mass is 16.5. The summed E-state index contributed by atoms with van der Waals surface area (Å²) in [4.78, 5) is 12.1. The summed E-state index contributed by atoms with van der Waals surface area (Å²) in [7, 11) is 1.62. The first-order chi connectivity index (χ1) is 13.6. The van der Waals surface area contributed by atoms with Gasteiger partial charge in [0.25, 0.3) is 0 Å². The number of carbonyl (C=O) groups is 1. The summed E-state index contributed by atoms with van der Waals surface area (Å²) in [6.45, 7) is 2.61. The number of hydrogen-bond donors (Lipinski definition) is 1. The lowest BCUT2D eigenvalue weighted by Gasteiger charge is -2.13. The molecule has 0 bridgehead atoms. The Morgan fingerprint density at radius 1 is 1.04 bits per heavy atom. The van der Waals surface area contributed by atoms with Crippen LogP contribution in [0.15, 0.2) is 48.5 Å². The third-order valence-electron chi connectivity index (χ3n) is 4.76. The van der Waals surface area contributed by atoms with Crippen molar-refractivity contribution in [2.75, 3.05) is 7.11 Å². The number of carbonyl (C=O) groups excluding carboxylic acids is 1. The molecule has 0 aliphatic rings. The smallest absolute Gasteiger partial charge is 0.161 e. The molecule has 1 N–H and O–H groups in total. The number of aryl methyl sites for hydroxylation is 1. The zero-order valence-corrected chi connectivity index (χ0v) is 17.0. The molecule has 0 heterocycles. The van der Waals surface area contributed by atoms with Gasteiger partial charge >= 0.3 is 0 Å². The van der Waals surface area contributed by atoms with E-state index < -0.39 is 6.10 Å². The lowest BCUT2D eigenvalue weighted by atomic mass is 10.0. The van der Waals surface area contributed by atoms with Gasteiger partial charge in [0.15, 0.2) is 11.5 Å². The molecule has 0 aliphatic carbocycles. The Morgan fingerprint density at radius 3 is 2.54 bits per heavy atom. The Kier molecular flexibility index (Phi) is 9.56. The third-order valence-corrected chi connectivity index (χ3v) is 4.76. The molecule has 0 fully saturated rings. The second-order valence-electron chi connectivity index (χ2n) is 7.15. The number of ketones is 1. The Balaban J connectivity index is 1.83. The predicted octanol–water partition coefficient (Wildman–Crippen LogP) is 5.11. The Hall–Kier alpha value is -2.33. The molecule has 0 radical (unpaired) electrons. The van der Waals surface area contributed by atoms with E-state index in [0.29, 0.717) is 37.4 Å². The number of hydrogen-bond acceptors (Lipinski definition) is 4. The van der Waals surface area contributed by atoms with Gasteiger partial charge in [0.05, 0.1) is 13.2 Å². The summed E-state index contributed by atoms with van der Waals surface area (Å²) >= 11 is 0. The monoisotopic (exact) mass is 384 g/mol. The Morgan fingerprint density at radius 2 is 1.82 bits per heavy atom. The van der Waals surface area contributed by atoms with Crippen LogP contribution in [0.1, 0.15) is 56.6 Å². The molecule has 0 saturated heterocycles. The van der Waals surface area contributed by atoms with Gasteiger partial charge in [-0.1, -0.05) is 62.6 Å². The topological polar surface area (TPSA) is 55.8 Å². The van der Waals surface area contributed by atoms with Crippen molar-refractivity contribution in [1.29, 1.82) is 0 Å². The fraction of sp³-hybridized carbons (Fsp3) is 0.458. The van der Waals surface area contributed by atoms with Crippen LogP contribution in [0.3, 0.4) is 0 Å². The first-order valence-corrected chi connectivity index (χ1v) is 10.2. The van der Waals surface area contributed by atoms with E-state index in [1.807, 2.05) is 48.5 Å². The van der Waals surface area contributed by atoms with E-state index >= 15 is 0 Å². The van der Waals surface area contributed by atoms with Crippen LogP contribution in [0, 0.1) is 0 Å². The second-order valence-corrected chi connectivity index (χ2v) is 7.15. The summed E-state index contributed by atoms with van der Waals surface area (Å²) in [5.41, 5.74) is 2.12. The molecule has 0 aliphatic heterocycles. The molecule has 0 saturated carbocycles. The minimum Gasteiger partial charge on any atom is -0.493 e. The van der Waals surface area contributed by atoms with Crippen LogP contribution in [0.2, 0.25) is 0 Å². The highest BCUT2D eigenvalue weighted by molar-refractivity contribution is 5.79. The van der Waals surface area contributed by atoms with E-state index in [4.69, 9.17) is 9.47 Å². The fourth-order valence-electron chi connectivity index (χ4n) is 3.10. The molecule has 28 heavy (non-hydrogen) atoms. The van der Waals surface area contributed by atoms with E-state index in [-0.39, 0.29) is 12.2 Å². The predicted molar refractivity (Wildman–Crippen MR) is 112 cm³/mol. The molecule has 0 aromatic heterocycles. The summed E-state index contributed by atoms with van der Waals surface area (Å²) in [5, 5.41) is 9.96. The number of aliphatic hydroxyl groups is 1. The van der Waals surface area contributed by atoms with Gasteiger partial charge in [-0.3, -0.25) is 4.79 Å². The number of unbranched alkanes of at least 4 members (excludes halogenated alkanes) is 2. The quantitative estimate of drug-likeness (QED) is 0.488. The average molecular weight is 385 g/mol. The van der Waals surface area contributed by atoms with Gasteiger partial charge in [-0.25, -0.2) is 0 Å². The maximum absolute atomic E-state index is 12.1. The van der Waals surface area contributed by atoms with Crippen molar-refractivity contribution >= 4 is 5.78 Å². The molecule has 4 nitrogen and oxygen atoms in total. The number of methoxy groups -OCH3 is 1. The number of ether oxygens (including phenoxy) is 2. The van der Waals surface area contributed by atoms with Gasteiger partial charge < -0.3 is 14.6 Å². The van der Waals surface area contributed by atoms with Crippen LogP contribution in [-0.4, -0.2) is 24.1 Å². The largest absolute Gasteiger partial charge is 0.493 e. The van der Waals surface area contributed by atoms with E-state index in [1.165, 1.54) is 0 Å². The highest BCUT2D eigenvalue weighted by Gasteiger charge is 2.12. The van der Waals surface area contributed by atoms with E-state index in [0.717, 1.165) is 30.4 Å². The SMILES string of the molecule is CCCCC[C@@H](O)CC(=O)CCc1ccc(OCc2ccccc2)c(OC)c1. The Labute approximate surface area is 168 Å². The lowest BCUT2D eigenvalue weighted by Crippen LogP contribution is -2.13. The van der Waals surface area contributed by atoms with Crippen molar-refractivity contribution in [1.82, 2.24) is 0 Å². The van der Waals surface area contributed by atoms with Crippen LogP contribution in [0.25, 0.3) is 0 Å². The summed E-state index contributed by atoms with van der Waals surface area (Å²) in [5.74, 6) is 1.46. The van der Waals surface area contributed by atoms with Crippen molar-refractivity contribution < 1.29 is 19.4 Å². The minimum absolute atomic E-state index is 0.104. The van der Waals surface area contributed by atoms with Crippen LogP contribution in [0.5, 0.6) is 11.5 Å². The summed E-state index contributed by atoms with van der Waals surface area (Å²) < 4.78 is 11.3. The van der Waals surface area contributed by atoms with Crippen LogP contribution in [-0.2, 0) is 17.8 Å². The lowest BCUT2D eigenvalue weighted by molar-refractivity contribution is -0.121. The summed E-state index contributed by atoms with van der Waals surface area (Å²) in [6.07, 6.45) is 4.71. The van der Waals surface area contributed by atoms with Crippen molar-refractivity contribution in [3.63, 3.8) is 0 Å². The van der Waals surface area contributed by atoms with E-state index in [9.17, 15) is 9.90 Å². The molecular formula is C24H32O4. The maximum Gasteiger partial charge on any atom is 0.161 e. The first kappa shape index (κ1) is 22.0. The van der Waals surface area contributed by atoms with Gasteiger partial charge in [-0.15, -0.1) is 0 Å². The number of aliphatic hydroxyl groups excluding tert-OH is 1. The average Bonchev–Trinajstić information content (AvgIpc) is 2.72. The summed E-state index contributed by atoms with van der Waals surface area (Å²) in [6, 6.07) is 15.8. The third kappa shape index (κ3) is 7.73. The highest BCUT2D eigenvalue weighted by Crippen LogP contribution is 2.29. The van der Waals surface area contributed by atoms with Gasteiger partial charge in [-0.05, 0) is 36.1 Å². The molecule has 152 valence electrons. The molecule has 0 unspecified atom stereocenters. The van der Waals surface area contributed by atoms with Crippen molar-refractivity contribution in [3.8, 4) is 11.5 Å². The molecule has 1 atom stereocenters. The molecule has 0 amide bonds. The number of rotatable bonds is 13. The second kappa shape index (κ2) is 12.2. The number of Topliss-reactive ketones (excluding diaryl/α,β-unsaturated/α-hetero) is 1. The standard InChI is InChI=1S/C24H32O4/c1-3-4-6-11-21(25)17-22(26)14-12-19-13-15-23(24(16-19)27-2)28-18-20-9-7-5-8-10-20/h5,7-10,13,15-16,21,25H,3-4,6,11-12,14,17-18H2,1-2H3/t21-/m1/s1. The molecule has 2 aromatic carbocycles. The zero-order chi connectivity index (χ0) is 20.2. The number of benzene rings is 2. The van der Waals surface area contributed by atoms with Crippen LogP contribution >= 0.6 is 0 Å². The van der Waals surface area contributed by atoms with Gasteiger partial charge in [-0.2, -0.15) is 0 Å². The minimum atomic E-state index is -0.512. The maximum atomic E-state index is 12.1. The molecule has 0 spiro atoms. The fourth-order valence-corrected chi connectivity index (χ4v) is 3.10.